The number of amides is 1. The van der Waals surface area contributed by atoms with E-state index in [0.717, 1.165) is 44.2 Å². The van der Waals surface area contributed by atoms with Gasteiger partial charge in [0.25, 0.3) is 0 Å². The van der Waals surface area contributed by atoms with E-state index in [1.165, 1.54) is 12.0 Å². The fraction of sp³-hybridized carbons (Fsp3) is 0.526. The number of aryl methyl sites for hydroxylation is 1. The molecule has 0 radical (unpaired) electrons. The van der Waals surface area contributed by atoms with Crippen molar-refractivity contribution in [3.63, 3.8) is 0 Å². The number of carbonyl (C=O) groups excluding carboxylic acids is 1. The molecule has 24 heavy (non-hydrogen) atoms. The number of nitrogens with zero attached hydrogens (tertiary/aromatic N) is 3. The van der Waals surface area contributed by atoms with Gasteiger partial charge in [0.2, 0.25) is 17.6 Å². The molecule has 5 nitrogen and oxygen atoms in total. The Kier molecular flexibility index (Phi) is 4.08. The maximum absolute atomic E-state index is 12.7. The number of benzene rings is 1. The quantitative estimate of drug-likeness (QED) is 0.859. The summed E-state index contributed by atoms with van der Waals surface area (Å²) in [6.07, 6.45) is 6.30. The first-order chi connectivity index (χ1) is 11.7. The average molecular weight is 325 g/mol. The van der Waals surface area contributed by atoms with Crippen molar-refractivity contribution < 1.29 is 9.32 Å². The molecular formula is C19H23N3O2. The van der Waals surface area contributed by atoms with Crippen LogP contribution >= 0.6 is 0 Å². The molecule has 0 bridgehead atoms. The third kappa shape index (κ3) is 2.83. The first-order valence-corrected chi connectivity index (χ1v) is 8.93. The Bertz CT molecular complexity index is 718. The standard InChI is InChI=1S/C19H23N3O2/c1-13-8-10-14(11-9-13)17-20-18(24-21-17)16-7-2-3-12-22(16)19(23)15-5-4-6-15/h8-11,15-16H,2-7,12H2,1H3/t16-/m1/s1. The Hall–Kier alpha value is -2.17. The molecule has 1 saturated carbocycles. The Morgan fingerprint density at radius 1 is 1.12 bits per heavy atom. The van der Waals surface area contributed by atoms with Crippen LogP contribution < -0.4 is 0 Å². The first kappa shape index (κ1) is 15.4. The van der Waals surface area contributed by atoms with Crippen LogP contribution in [0.5, 0.6) is 0 Å². The molecule has 2 aromatic rings. The molecule has 1 aliphatic heterocycles. The summed E-state index contributed by atoms with van der Waals surface area (Å²) in [5.41, 5.74) is 2.15. The normalized spacial score (nSPS) is 21.5. The number of piperidine rings is 1. The number of hydrogen-bond acceptors (Lipinski definition) is 4. The van der Waals surface area contributed by atoms with Gasteiger partial charge in [-0.3, -0.25) is 4.79 Å². The molecule has 1 aromatic carbocycles. The van der Waals surface area contributed by atoms with Crippen molar-refractivity contribution in [1.29, 1.82) is 0 Å². The van der Waals surface area contributed by atoms with E-state index in [1.807, 2.05) is 29.2 Å². The zero-order valence-corrected chi connectivity index (χ0v) is 14.1. The third-order valence-corrected chi connectivity index (χ3v) is 5.28. The second-order valence-electron chi connectivity index (χ2n) is 6.99. The predicted octanol–water partition coefficient (Wildman–Crippen LogP) is 3.90. The van der Waals surface area contributed by atoms with E-state index in [-0.39, 0.29) is 17.9 Å². The molecule has 1 amide bonds. The molecule has 2 heterocycles. The number of rotatable bonds is 3. The van der Waals surface area contributed by atoms with Gasteiger partial charge in [-0.05, 0) is 39.0 Å². The highest BCUT2D eigenvalue weighted by Gasteiger charge is 2.37. The van der Waals surface area contributed by atoms with E-state index in [1.54, 1.807) is 0 Å². The van der Waals surface area contributed by atoms with E-state index < -0.39 is 0 Å². The van der Waals surface area contributed by atoms with E-state index >= 15 is 0 Å². The van der Waals surface area contributed by atoms with Gasteiger partial charge < -0.3 is 9.42 Å². The summed E-state index contributed by atoms with van der Waals surface area (Å²) in [7, 11) is 0. The molecule has 0 N–H and O–H groups in total. The minimum absolute atomic E-state index is 0.0569. The monoisotopic (exact) mass is 325 g/mol. The lowest BCUT2D eigenvalue weighted by Crippen LogP contribution is -2.43. The van der Waals surface area contributed by atoms with Crippen LogP contribution in [0.3, 0.4) is 0 Å². The van der Waals surface area contributed by atoms with Gasteiger partial charge in [0.05, 0.1) is 0 Å². The fourth-order valence-electron chi connectivity index (χ4n) is 3.53. The largest absolute Gasteiger partial charge is 0.337 e. The Balaban J connectivity index is 1.57. The van der Waals surface area contributed by atoms with Crippen LogP contribution in [0.4, 0.5) is 0 Å². The maximum Gasteiger partial charge on any atom is 0.249 e. The molecule has 0 unspecified atom stereocenters. The van der Waals surface area contributed by atoms with Crippen molar-refractivity contribution in [2.24, 2.45) is 5.92 Å². The molecule has 1 atom stereocenters. The molecule has 1 aliphatic carbocycles. The van der Waals surface area contributed by atoms with E-state index in [0.29, 0.717) is 11.7 Å². The summed E-state index contributed by atoms with van der Waals surface area (Å²) < 4.78 is 5.55. The van der Waals surface area contributed by atoms with Crippen LogP contribution in [-0.2, 0) is 4.79 Å². The van der Waals surface area contributed by atoms with Crippen LogP contribution in [0.2, 0.25) is 0 Å². The highest BCUT2D eigenvalue weighted by molar-refractivity contribution is 5.80. The van der Waals surface area contributed by atoms with Crippen LogP contribution in [0.1, 0.15) is 56.0 Å². The molecule has 5 heteroatoms. The molecule has 2 aliphatic rings. The minimum Gasteiger partial charge on any atom is -0.337 e. The lowest BCUT2D eigenvalue weighted by Gasteiger charge is -2.38. The van der Waals surface area contributed by atoms with Crippen LogP contribution in [0.25, 0.3) is 11.4 Å². The number of aromatic nitrogens is 2. The van der Waals surface area contributed by atoms with Crippen molar-refractivity contribution in [3.8, 4) is 11.4 Å². The van der Waals surface area contributed by atoms with Gasteiger partial charge in [-0.15, -0.1) is 0 Å². The van der Waals surface area contributed by atoms with Crippen molar-refractivity contribution in [2.75, 3.05) is 6.54 Å². The molecule has 0 spiro atoms. The molecule has 2 fully saturated rings. The molecule has 1 aromatic heterocycles. The summed E-state index contributed by atoms with van der Waals surface area (Å²) in [5, 5.41) is 4.14. The van der Waals surface area contributed by atoms with Crippen LogP contribution in [0.15, 0.2) is 28.8 Å². The SMILES string of the molecule is Cc1ccc(-c2noc([C@H]3CCCCN3C(=O)C3CCC3)n2)cc1. The summed E-state index contributed by atoms with van der Waals surface area (Å²) in [6.45, 7) is 2.86. The minimum atomic E-state index is -0.0569. The summed E-state index contributed by atoms with van der Waals surface area (Å²) in [4.78, 5) is 19.3. The zero-order valence-electron chi connectivity index (χ0n) is 14.1. The summed E-state index contributed by atoms with van der Waals surface area (Å²) in [5.74, 6) is 1.68. The van der Waals surface area contributed by atoms with Crippen molar-refractivity contribution >= 4 is 5.91 Å². The first-order valence-electron chi connectivity index (χ1n) is 8.93. The maximum atomic E-state index is 12.7. The number of carbonyl (C=O) groups is 1. The zero-order chi connectivity index (χ0) is 16.5. The number of likely N-dealkylation sites (tertiary alicyclic amines) is 1. The Labute approximate surface area is 142 Å². The van der Waals surface area contributed by atoms with E-state index in [9.17, 15) is 4.79 Å². The van der Waals surface area contributed by atoms with Gasteiger partial charge in [0.15, 0.2) is 0 Å². The van der Waals surface area contributed by atoms with E-state index in [2.05, 4.69) is 17.1 Å². The van der Waals surface area contributed by atoms with Gasteiger partial charge in [-0.1, -0.05) is 41.4 Å². The third-order valence-electron chi connectivity index (χ3n) is 5.28. The van der Waals surface area contributed by atoms with Gasteiger partial charge >= 0.3 is 0 Å². The smallest absolute Gasteiger partial charge is 0.249 e. The second-order valence-corrected chi connectivity index (χ2v) is 6.99. The Morgan fingerprint density at radius 3 is 2.62 bits per heavy atom. The predicted molar refractivity (Wildman–Crippen MR) is 90.1 cm³/mol. The lowest BCUT2D eigenvalue weighted by molar-refractivity contribution is -0.142. The Morgan fingerprint density at radius 2 is 1.92 bits per heavy atom. The van der Waals surface area contributed by atoms with Crippen LogP contribution in [0, 0.1) is 12.8 Å². The van der Waals surface area contributed by atoms with Gasteiger partial charge in [0.1, 0.15) is 6.04 Å². The van der Waals surface area contributed by atoms with Crippen molar-refractivity contribution in [1.82, 2.24) is 15.0 Å². The second kappa shape index (κ2) is 6.38. The average Bonchev–Trinajstić information content (AvgIpc) is 3.04. The number of hydrogen-bond donors (Lipinski definition) is 0. The lowest BCUT2D eigenvalue weighted by atomic mass is 9.83. The summed E-state index contributed by atoms with van der Waals surface area (Å²) in [6, 6.07) is 8.03. The van der Waals surface area contributed by atoms with Gasteiger partial charge in [-0.25, -0.2) is 0 Å². The summed E-state index contributed by atoms with van der Waals surface area (Å²) >= 11 is 0. The molecule has 4 rings (SSSR count). The van der Waals surface area contributed by atoms with Gasteiger partial charge in [0, 0.05) is 18.0 Å². The van der Waals surface area contributed by atoms with Gasteiger partial charge in [-0.2, -0.15) is 4.98 Å². The highest BCUT2D eigenvalue weighted by atomic mass is 16.5. The molecule has 126 valence electrons. The van der Waals surface area contributed by atoms with Crippen molar-refractivity contribution in [3.05, 3.63) is 35.7 Å². The van der Waals surface area contributed by atoms with Crippen molar-refractivity contribution in [2.45, 2.75) is 51.5 Å². The topological polar surface area (TPSA) is 59.2 Å². The highest BCUT2D eigenvalue weighted by Crippen LogP contribution is 2.36. The van der Waals surface area contributed by atoms with Crippen LogP contribution in [-0.4, -0.2) is 27.5 Å². The van der Waals surface area contributed by atoms with E-state index in [4.69, 9.17) is 4.52 Å². The fourth-order valence-corrected chi connectivity index (χ4v) is 3.53. The molecular weight excluding hydrogens is 302 g/mol. The molecule has 1 saturated heterocycles.